The number of fused-ring (bicyclic) bond motifs is 1. The van der Waals surface area contributed by atoms with Crippen LogP contribution in [-0.2, 0) is 13.1 Å². The number of rotatable bonds is 1. The Morgan fingerprint density at radius 1 is 1.24 bits per heavy atom. The minimum Gasteiger partial charge on any atom is -0.307 e. The SMILES string of the molecule is Cc1nc2c(c(=O)n1-c1ccccc1)CNC2. The number of nitrogens with one attached hydrogen (secondary N) is 1. The summed E-state index contributed by atoms with van der Waals surface area (Å²) in [5.41, 5.74) is 2.60. The molecule has 0 fully saturated rings. The fourth-order valence-electron chi connectivity index (χ4n) is 2.23. The molecule has 0 radical (unpaired) electrons. The summed E-state index contributed by atoms with van der Waals surface area (Å²) < 4.78 is 1.67. The summed E-state index contributed by atoms with van der Waals surface area (Å²) in [5.74, 6) is 0.739. The lowest BCUT2D eigenvalue weighted by Crippen LogP contribution is -2.26. The van der Waals surface area contributed by atoms with Crippen molar-refractivity contribution in [3.8, 4) is 5.69 Å². The van der Waals surface area contributed by atoms with Gasteiger partial charge in [-0.1, -0.05) is 18.2 Å². The van der Waals surface area contributed by atoms with Crippen LogP contribution >= 0.6 is 0 Å². The zero-order chi connectivity index (χ0) is 11.8. The van der Waals surface area contributed by atoms with E-state index in [2.05, 4.69) is 10.3 Å². The lowest BCUT2D eigenvalue weighted by molar-refractivity contribution is 0.756. The molecular weight excluding hydrogens is 214 g/mol. The Labute approximate surface area is 98.9 Å². The van der Waals surface area contributed by atoms with E-state index in [-0.39, 0.29) is 5.56 Å². The van der Waals surface area contributed by atoms with Crippen LogP contribution in [0.2, 0.25) is 0 Å². The van der Waals surface area contributed by atoms with Crippen molar-refractivity contribution in [3.05, 3.63) is 57.8 Å². The number of nitrogens with zero attached hydrogens (tertiary/aromatic N) is 2. The second-order valence-corrected chi connectivity index (χ2v) is 4.16. The Kier molecular flexibility index (Phi) is 2.30. The van der Waals surface area contributed by atoms with Crippen molar-refractivity contribution in [1.82, 2.24) is 14.9 Å². The van der Waals surface area contributed by atoms with Gasteiger partial charge >= 0.3 is 0 Å². The molecule has 4 nitrogen and oxygen atoms in total. The van der Waals surface area contributed by atoms with Crippen LogP contribution in [0, 0.1) is 6.92 Å². The van der Waals surface area contributed by atoms with Gasteiger partial charge in [0.1, 0.15) is 5.82 Å². The first kappa shape index (κ1) is 10.2. The molecule has 1 aromatic heterocycles. The van der Waals surface area contributed by atoms with Gasteiger partial charge in [0.05, 0.1) is 16.9 Å². The second kappa shape index (κ2) is 3.82. The Bertz CT molecular complexity index is 617. The first-order valence-corrected chi connectivity index (χ1v) is 5.65. The number of aryl methyl sites for hydroxylation is 1. The molecule has 1 N–H and O–H groups in total. The fraction of sp³-hybridized carbons (Fsp3) is 0.231. The van der Waals surface area contributed by atoms with Gasteiger partial charge in [0.25, 0.3) is 5.56 Å². The third kappa shape index (κ3) is 1.57. The first-order chi connectivity index (χ1) is 8.27. The van der Waals surface area contributed by atoms with E-state index in [1.165, 1.54) is 0 Å². The zero-order valence-corrected chi connectivity index (χ0v) is 9.60. The Balaban J connectivity index is 2.28. The molecule has 0 amide bonds. The van der Waals surface area contributed by atoms with Crippen molar-refractivity contribution in [2.24, 2.45) is 0 Å². The van der Waals surface area contributed by atoms with Crippen molar-refractivity contribution in [2.45, 2.75) is 20.0 Å². The highest BCUT2D eigenvalue weighted by molar-refractivity contribution is 5.35. The highest BCUT2D eigenvalue weighted by Crippen LogP contribution is 2.12. The topological polar surface area (TPSA) is 46.9 Å². The summed E-state index contributed by atoms with van der Waals surface area (Å²) in [7, 11) is 0. The highest BCUT2D eigenvalue weighted by Gasteiger charge is 2.19. The molecular formula is C13H13N3O. The molecule has 0 saturated heterocycles. The highest BCUT2D eigenvalue weighted by atomic mass is 16.1. The minimum atomic E-state index is 0.0451. The van der Waals surface area contributed by atoms with E-state index in [9.17, 15) is 4.79 Å². The number of hydrogen-bond donors (Lipinski definition) is 1. The normalized spacial score (nSPS) is 13.7. The maximum absolute atomic E-state index is 12.4. The van der Waals surface area contributed by atoms with Crippen LogP contribution in [0.5, 0.6) is 0 Å². The molecule has 0 aliphatic carbocycles. The van der Waals surface area contributed by atoms with Gasteiger partial charge in [0, 0.05) is 13.1 Å². The van der Waals surface area contributed by atoms with Crippen LogP contribution in [0.1, 0.15) is 17.1 Å². The van der Waals surface area contributed by atoms with Gasteiger partial charge in [-0.05, 0) is 19.1 Å². The van der Waals surface area contributed by atoms with Crippen molar-refractivity contribution < 1.29 is 0 Å². The van der Waals surface area contributed by atoms with Crippen LogP contribution in [0.3, 0.4) is 0 Å². The van der Waals surface area contributed by atoms with Gasteiger partial charge in [0.2, 0.25) is 0 Å². The van der Waals surface area contributed by atoms with Gasteiger partial charge in [-0.2, -0.15) is 0 Å². The molecule has 0 spiro atoms. The van der Waals surface area contributed by atoms with Crippen LogP contribution < -0.4 is 10.9 Å². The summed E-state index contributed by atoms with van der Waals surface area (Å²) >= 11 is 0. The molecule has 3 rings (SSSR count). The van der Waals surface area contributed by atoms with Crippen molar-refractivity contribution in [3.63, 3.8) is 0 Å². The van der Waals surface area contributed by atoms with Crippen molar-refractivity contribution in [1.29, 1.82) is 0 Å². The third-order valence-electron chi connectivity index (χ3n) is 3.04. The van der Waals surface area contributed by atoms with Gasteiger partial charge < -0.3 is 5.32 Å². The summed E-state index contributed by atoms with van der Waals surface area (Å²) in [6.45, 7) is 3.18. The summed E-state index contributed by atoms with van der Waals surface area (Å²) in [5, 5.41) is 3.16. The summed E-state index contributed by atoms with van der Waals surface area (Å²) in [6.07, 6.45) is 0. The molecule has 2 heterocycles. The summed E-state index contributed by atoms with van der Waals surface area (Å²) in [6, 6.07) is 9.63. The second-order valence-electron chi connectivity index (χ2n) is 4.16. The molecule has 0 saturated carbocycles. The van der Waals surface area contributed by atoms with Crippen LogP contribution in [0.25, 0.3) is 5.69 Å². The zero-order valence-electron chi connectivity index (χ0n) is 9.60. The van der Waals surface area contributed by atoms with E-state index >= 15 is 0 Å². The van der Waals surface area contributed by atoms with Gasteiger partial charge in [-0.15, -0.1) is 0 Å². The Hall–Kier alpha value is -1.94. The van der Waals surface area contributed by atoms with E-state index in [1.54, 1.807) is 4.57 Å². The van der Waals surface area contributed by atoms with E-state index in [0.29, 0.717) is 13.1 Å². The molecule has 1 aliphatic heterocycles. The van der Waals surface area contributed by atoms with Crippen molar-refractivity contribution >= 4 is 0 Å². The van der Waals surface area contributed by atoms with Crippen LogP contribution in [-0.4, -0.2) is 9.55 Å². The Morgan fingerprint density at radius 3 is 2.76 bits per heavy atom. The standard InChI is InChI=1S/C13H13N3O/c1-9-15-12-8-14-7-11(12)13(17)16(9)10-5-3-2-4-6-10/h2-6,14H,7-8H2,1H3. The monoisotopic (exact) mass is 227 g/mol. The molecule has 86 valence electrons. The van der Waals surface area contributed by atoms with E-state index in [1.807, 2.05) is 37.3 Å². The van der Waals surface area contributed by atoms with Crippen LogP contribution in [0.15, 0.2) is 35.1 Å². The molecule has 17 heavy (non-hydrogen) atoms. The maximum atomic E-state index is 12.4. The lowest BCUT2D eigenvalue weighted by Gasteiger charge is -2.10. The smallest absolute Gasteiger partial charge is 0.262 e. The maximum Gasteiger partial charge on any atom is 0.262 e. The Morgan fingerprint density at radius 2 is 2.00 bits per heavy atom. The summed E-state index contributed by atoms with van der Waals surface area (Å²) in [4.78, 5) is 16.9. The molecule has 0 bridgehead atoms. The van der Waals surface area contributed by atoms with E-state index < -0.39 is 0 Å². The number of aromatic nitrogens is 2. The first-order valence-electron chi connectivity index (χ1n) is 5.65. The third-order valence-corrected chi connectivity index (χ3v) is 3.04. The van der Waals surface area contributed by atoms with Gasteiger partial charge in [-0.3, -0.25) is 9.36 Å². The average molecular weight is 227 g/mol. The fourth-order valence-corrected chi connectivity index (χ4v) is 2.23. The molecule has 0 atom stereocenters. The predicted molar refractivity (Wildman–Crippen MR) is 65.1 cm³/mol. The van der Waals surface area contributed by atoms with Gasteiger partial charge in [-0.25, -0.2) is 4.98 Å². The quantitative estimate of drug-likeness (QED) is 0.794. The predicted octanol–water partition coefficient (Wildman–Crippen LogP) is 1.14. The van der Waals surface area contributed by atoms with Gasteiger partial charge in [0.15, 0.2) is 0 Å². The molecule has 2 aromatic rings. The molecule has 4 heteroatoms. The number of para-hydroxylation sites is 1. The van der Waals surface area contributed by atoms with E-state index in [0.717, 1.165) is 22.8 Å². The van der Waals surface area contributed by atoms with E-state index in [4.69, 9.17) is 0 Å². The minimum absolute atomic E-state index is 0.0451. The number of benzene rings is 1. The van der Waals surface area contributed by atoms with Crippen molar-refractivity contribution in [2.75, 3.05) is 0 Å². The molecule has 1 aliphatic rings. The molecule has 0 unspecified atom stereocenters. The lowest BCUT2D eigenvalue weighted by atomic mass is 10.2. The molecule has 1 aromatic carbocycles. The van der Waals surface area contributed by atoms with Crippen LogP contribution in [0.4, 0.5) is 0 Å². The average Bonchev–Trinajstić information content (AvgIpc) is 2.78. The largest absolute Gasteiger partial charge is 0.307 e. The number of hydrogen-bond acceptors (Lipinski definition) is 3.